The summed E-state index contributed by atoms with van der Waals surface area (Å²) in [6.45, 7) is 5.32. The molecule has 2 heterocycles. The van der Waals surface area contributed by atoms with E-state index in [1.54, 1.807) is 0 Å². The smallest absolute Gasteiger partial charge is 0.322 e. The van der Waals surface area contributed by atoms with Crippen molar-refractivity contribution in [2.75, 3.05) is 26.2 Å². The molecule has 0 aromatic heterocycles. The Morgan fingerprint density at radius 3 is 2.48 bits per heavy atom. The summed E-state index contributed by atoms with van der Waals surface area (Å²) in [7, 11) is 0. The summed E-state index contributed by atoms with van der Waals surface area (Å²) in [6, 6.07) is 7.69. The molecule has 23 heavy (non-hydrogen) atoms. The molecule has 0 unspecified atom stereocenters. The van der Waals surface area contributed by atoms with E-state index in [4.69, 9.17) is 4.74 Å². The zero-order valence-electron chi connectivity index (χ0n) is 13.4. The van der Waals surface area contributed by atoms with Crippen LogP contribution in [-0.2, 0) is 4.79 Å². The van der Waals surface area contributed by atoms with Crippen molar-refractivity contribution < 1.29 is 14.3 Å². The van der Waals surface area contributed by atoms with E-state index in [9.17, 15) is 9.59 Å². The van der Waals surface area contributed by atoms with Crippen LogP contribution in [-0.4, -0.2) is 48.6 Å². The number of likely N-dealkylation sites (tertiary alicyclic amines) is 1. The monoisotopic (exact) mass is 317 g/mol. The number of carbonyl (C=O) groups is 2. The molecule has 124 valence electrons. The number of nitrogens with one attached hydrogen (secondary N) is 2. The molecular formula is C17H23N3O3. The molecule has 6 heteroatoms. The van der Waals surface area contributed by atoms with Gasteiger partial charge in [-0.15, -0.1) is 0 Å². The van der Waals surface area contributed by atoms with Crippen LogP contribution >= 0.6 is 0 Å². The predicted octanol–water partition coefficient (Wildman–Crippen LogP) is 1.44. The molecule has 0 radical (unpaired) electrons. The summed E-state index contributed by atoms with van der Waals surface area (Å²) >= 11 is 0. The highest BCUT2D eigenvalue weighted by Gasteiger charge is 2.47. The number of imide groups is 1. The Bertz CT molecular complexity index is 577. The summed E-state index contributed by atoms with van der Waals surface area (Å²) in [6.07, 6.45) is 2.28. The van der Waals surface area contributed by atoms with Gasteiger partial charge in [-0.2, -0.15) is 0 Å². The minimum absolute atomic E-state index is 0.176. The fourth-order valence-electron chi connectivity index (χ4n) is 3.15. The van der Waals surface area contributed by atoms with Crippen LogP contribution in [0.4, 0.5) is 4.79 Å². The summed E-state index contributed by atoms with van der Waals surface area (Å²) in [5.74, 6) is 0.725. The van der Waals surface area contributed by atoms with Crippen LogP contribution in [0, 0.1) is 6.92 Å². The molecule has 3 amide bonds. The second-order valence-corrected chi connectivity index (χ2v) is 6.35. The zero-order valence-corrected chi connectivity index (χ0v) is 13.4. The maximum absolute atomic E-state index is 11.9. The van der Waals surface area contributed by atoms with E-state index in [1.807, 2.05) is 24.3 Å². The zero-order chi connectivity index (χ0) is 16.3. The Balaban J connectivity index is 1.37. The van der Waals surface area contributed by atoms with Crippen LogP contribution in [0.2, 0.25) is 0 Å². The SMILES string of the molecule is Cc1ccc(OCCCN2CCC3(CC2)NC(=O)NC3=O)cc1. The maximum atomic E-state index is 11.9. The minimum Gasteiger partial charge on any atom is -0.494 e. The first kappa shape index (κ1) is 15.8. The first-order valence-electron chi connectivity index (χ1n) is 8.13. The van der Waals surface area contributed by atoms with Crippen molar-refractivity contribution in [3.63, 3.8) is 0 Å². The number of carbonyl (C=O) groups excluding carboxylic acids is 2. The van der Waals surface area contributed by atoms with Gasteiger partial charge in [0, 0.05) is 19.6 Å². The number of rotatable bonds is 5. The standard InChI is InChI=1S/C17H23N3O3/c1-13-3-5-14(6-4-13)23-12-2-9-20-10-7-17(8-11-20)15(21)18-16(22)19-17/h3-6H,2,7-12H2,1H3,(H2,18,19,21,22). The average Bonchev–Trinajstić information content (AvgIpc) is 2.81. The van der Waals surface area contributed by atoms with Crippen molar-refractivity contribution in [3.8, 4) is 5.75 Å². The Morgan fingerprint density at radius 1 is 1.17 bits per heavy atom. The Labute approximate surface area is 136 Å². The second kappa shape index (κ2) is 6.58. The van der Waals surface area contributed by atoms with Crippen molar-refractivity contribution in [1.29, 1.82) is 0 Å². The number of piperidine rings is 1. The predicted molar refractivity (Wildman–Crippen MR) is 86.4 cm³/mol. The van der Waals surface area contributed by atoms with Gasteiger partial charge in [-0.05, 0) is 38.3 Å². The third-order valence-electron chi connectivity index (χ3n) is 4.63. The molecule has 1 aromatic carbocycles. The molecule has 2 saturated heterocycles. The number of ether oxygens (including phenoxy) is 1. The third kappa shape index (κ3) is 3.64. The highest BCUT2D eigenvalue weighted by Crippen LogP contribution is 2.25. The Kier molecular flexibility index (Phi) is 4.52. The average molecular weight is 317 g/mol. The first-order valence-corrected chi connectivity index (χ1v) is 8.13. The van der Waals surface area contributed by atoms with Crippen LogP contribution in [0.3, 0.4) is 0 Å². The molecule has 0 aliphatic carbocycles. The number of hydrogen-bond donors (Lipinski definition) is 2. The Hall–Kier alpha value is -2.08. The number of urea groups is 1. The van der Waals surface area contributed by atoms with Gasteiger partial charge in [-0.3, -0.25) is 10.1 Å². The van der Waals surface area contributed by atoms with Gasteiger partial charge in [0.1, 0.15) is 11.3 Å². The van der Waals surface area contributed by atoms with Gasteiger partial charge in [0.05, 0.1) is 6.61 Å². The number of aryl methyl sites for hydroxylation is 1. The third-order valence-corrected chi connectivity index (χ3v) is 4.63. The quantitative estimate of drug-likeness (QED) is 0.637. The molecule has 2 fully saturated rings. The molecule has 2 aliphatic heterocycles. The molecule has 3 rings (SSSR count). The lowest BCUT2D eigenvalue weighted by molar-refractivity contribution is -0.125. The van der Waals surface area contributed by atoms with Gasteiger partial charge in [0.25, 0.3) is 5.91 Å². The van der Waals surface area contributed by atoms with Crippen LogP contribution in [0.5, 0.6) is 5.75 Å². The van der Waals surface area contributed by atoms with Crippen molar-refractivity contribution in [2.45, 2.75) is 31.7 Å². The number of nitrogens with zero attached hydrogens (tertiary/aromatic N) is 1. The van der Waals surface area contributed by atoms with Gasteiger partial charge >= 0.3 is 6.03 Å². The van der Waals surface area contributed by atoms with Crippen molar-refractivity contribution >= 4 is 11.9 Å². The molecule has 0 atom stereocenters. The highest BCUT2D eigenvalue weighted by atomic mass is 16.5. The highest BCUT2D eigenvalue weighted by molar-refractivity contribution is 6.07. The summed E-state index contributed by atoms with van der Waals surface area (Å²) in [5.41, 5.74) is 0.550. The van der Waals surface area contributed by atoms with Gasteiger partial charge in [0.2, 0.25) is 0 Å². The van der Waals surface area contributed by atoms with E-state index >= 15 is 0 Å². The van der Waals surface area contributed by atoms with Crippen molar-refractivity contribution in [3.05, 3.63) is 29.8 Å². The van der Waals surface area contributed by atoms with E-state index in [-0.39, 0.29) is 11.9 Å². The van der Waals surface area contributed by atoms with E-state index < -0.39 is 5.54 Å². The fourth-order valence-corrected chi connectivity index (χ4v) is 3.15. The maximum Gasteiger partial charge on any atom is 0.322 e. The van der Waals surface area contributed by atoms with Gasteiger partial charge < -0.3 is 15.0 Å². The van der Waals surface area contributed by atoms with Gasteiger partial charge in [0.15, 0.2) is 0 Å². The molecule has 6 nitrogen and oxygen atoms in total. The first-order chi connectivity index (χ1) is 11.1. The van der Waals surface area contributed by atoms with Gasteiger partial charge in [-0.25, -0.2) is 4.79 Å². The largest absolute Gasteiger partial charge is 0.494 e. The Morgan fingerprint density at radius 2 is 1.87 bits per heavy atom. The number of amides is 3. The minimum atomic E-state index is -0.675. The molecule has 1 spiro atoms. The normalized spacial score (nSPS) is 20.4. The lowest BCUT2D eigenvalue weighted by Crippen LogP contribution is -2.54. The summed E-state index contributed by atoms with van der Waals surface area (Å²) in [5, 5.41) is 5.12. The van der Waals surface area contributed by atoms with Crippen LogP contribution in [0.1, 0.15) is 24.8 Å². The van der Waals surface area contributed by atoms with Crippen LogP contribution in [0.25, 0.3) is 0 Å². The molecule has 1 aromatic rings. The van der Waals surface area contributed by atoms with Crippen molar-refractivity contribution in [2.24, 2.45) is 0 Å². The van der Waals surface area contributed by atoms with Crippen LogP contribution < -0.4 is 15.4 Å². The van der Waals surface area contributed by atoms with E-state index in [0.717, 1.165) is 31.8 Å². The summed E-state index contributed by atoms with van der Waals surface area (Å²) < 4.78 is 5.73. The molecular weight excluding hydrogens is 294 g/mol. The number of hydrogen-bond acceptors (Lipinski definition) is 4. The topological polar surface area (TPSA) is 70.7 Å². The lowest BCUT2D eigenvalue weighted by Gasteiger charge is -2.36. The van der Waals surface area contributed by atoms with E-state index in [2.05, 4.69) is 22.5 Å². The van der Waals surface area contributed by atoms with Gasteiger partial charge in [-0.1, -0.05) is 17.7 Å². The van der Waals surface area contributed by atoms with E-state index in [1.165, 1.54) is 5.56 Å². The lowest BCUT2D eigenvalue weighted by atomic mass is 9.88. The number of benzene rings is 1. The van der Waals surface area contributed by atoms with E-state index in [0.29, 0.717) is 19.4 Å². The molecule has 0 bridgehead atoms. The summed E-state index contributed by atoms with van der Waals surface area (Å²) in [4.78, 5) is 25.5. The molecule has 0 saturated carbocycles. The molecule has 2 N–H and O–H groups in total. The molecule has 2 aliphatic rings. The van der Waals surface area contributed by atoms with Crippen molar-refractivity contribution in [1.82, 2.24) is 15.5 Å². The second-order valence-electron chi connectivity index (χ2n) is 6.35. The van der Waals surface area contributed by atoms with Crippen LogP contribution in [0.15, 0.2) is 24.3 Å². The fraction of sp³-hybridized carbons (Fsp3) is 0.529.